The van der Waals surface area contributed by atoms with Gasteiger partial charge in [0, 0.05) is 11.1 Å². The summed E-state index contributed by atoms with van der Waals surface area (Å²) in [6, 6.07) is 10.4. The number of hydrogen-bond donors (Lipinski definition) is 2. The highest BCUT2D eigenvalue weighted by molar-refractivity contribution is 5.97. The molecule has 0 bridgehead atoms. The van der Waals surface area contributed by atoms with Crippen LogP contribution in [0.3, 0.4) is 0 Å². The molecule has 0 fully saturated rings. The monoisotopic (exact) mass is 282 g/mol. The van der Waals surface area contributed by atoms with Crippen LogP contribution >= 0.6 is 0 Å². The molecule has 106 valence electrons. The van der Waals surface area contributed by atoms with Gasteiger partial charge in [0.05, 0.1) is 18.1 Å². The summed E-state index contributed by atoms with van der Waals surface area (Å²) in [6.45, 7) is 1.52. The third-order valence-electron chi connectivity index (χ3n) is 3.34. The van der Waals surface area contributed by atoms with Crippen LogP contribution in [0, 0.1) is 0 Å². The molecule has 1 heterocycles. The number of ether oxygens (including phenoxy) is 1. The number of carbonyl (C=O) groups excluding carboxylic acids is 1. The van der Waals surface area contributed by atoms with E-state index in [4.69, 9.17) is 4.74 Å². The molecule has 2 N–H and O–H groups in total. The van der Waals surface area contributed by atoms with E-state index in [0.29, 0.717) is 22.7 Å². The van der Waals surface area contributed by atoms with Gasteiger partial charge in [-0.25, -0.2) is 4.98 Å². The van der Waals surface area contributed by atoms with Gasteiger partial charge in [0.15, 0.2) is 17.3 Å². The van der Waals surface area contributed by atoms with Gasteiger partial charge in [-0.2, -0.15) is 0 Å². The van der Waals surface area contributed by atoms with Gasteiger partial charge >= 0.3 is 0 Å². The van der Waals surface area contributed by atoms with Crippen molar-refractivity contribution in [3.8, 4) is 22.9 Å². The first-order valence-corrected chi connectivity index (χ1v) is 6.46. The number of ketones is 1. The van der Waals surface area contributed by atoms with E-state index in [2.05, 4.69) is 9.97 Å². The van der Waals surface area contributed by atoms with Crippen molar-refractivity contribution in [2.75, 3.05) is 7.11 Å². The number of nitrogens with zero attached hydrogens (tertiary/aromatic N) is 1. The lowest BCUT2D eigenvalue weighted by Crippen LogP contribution is -1.90. The number of carbonyl (C=O) groups is 1. The van der Waals surface area contributed by atoms with Gasteiger partial charge in [-0.1, -0.05) is 0 Å². The van der Waals surface area contributed by atoms with E-state index >= 15 is 0 Å². The molecule has 0 aliphatic rings. The SMILES string of the molecule is COc1ccc(-c2nc3cc(C(C)=O)ccc3[nH]2)cc1O. The zero-order valence-electron chi connectivity index (χ0n) is 11.7. The Labute approximate surface area is 121 Å². The molecule has 3 aromatic rings. The van der Waals surface area contributed by atoms with E-state index in [1.54, 1.807) is 24.3 Å². The third-order valence-corrected chi connectivity index (χ3v) is 3.34. The Hall–Kier alpha value is -2.82. The maximum Gasteiger partial charge on any atom is 0.160 e. The molecule has 0 saturated heterocycles. The highest BCUT2D eigenvalue weighted by Crippen LogP contribution is 2.31. The van der Waals surface area contributed by atoms with Crippen molar-refractivity contribution < 1.29 is 14.6 Å². The van der Waals surface area contributed by atoms with Gasteiger partial charge in [-0.05, 0) is 43.3 Å². The van der Waals surface area contributed by atoms with Crippen molar-refractivity contribution in [3.05, 3.63) is 42.0 Å². The van der Waals surface area contributed by atoms with Crippen molar-refractivity contribution in [1.29, 1.82) is 0 Å². The summed E-state index contributed by atoms with van der Waals surface area (Å²) in [5.74, 6) is 1.10. The summed E-state index contributed by atoms with van der Waals surface area (Å²) in [7, 11) is 1.50. The summed E-state index contributed by atoms with van der Waals surface area (Å²) in [4.78, 5) is 19.0. The number of aromatic nitrogens is 2. The molecule has 0 aliphatic carbocycles. The highest BCUT2D eigenvalue weighted by atomic mass is 16.5. The van der Waals surface area contributed by atoms with Crippen molar-refractivity contribution in [1.82, 2.24) is 9.97 Å². The van der Waals surface area contributed by atoms with Crippen LogP contribution in [0.25, 0.3) is 22.4 Å². The van der Waals surface area contributed by atoms with Crippen LogP contribution in [0.5, 0.6) is 11.5 Å². The number of Topliss-reactive ketones (excluding diaryl/α,β-unsaturated/α-hetero) is 1. The highest BCUT2D eigenvalue weighted by Gasteiger charge is 2.10. The molecule has 0 aliphatic heterocycles. The van der Waals surface area contributed by atoms with Crippen molar-refractivity contribution in [3.63, 3.8) is 0 Å². The fourth-order valence-corrected chi connectivity index (χ4v) is 2.20. The van der Waals surface area contributed by atoms with Crippen molar-refractivity contribution in [2.45, 2.75) is 6.92 Å². The minimum Gasteiger partial charge on any atom is -0.504 e. The summed E-state index contributed by atoms with van der Waals surface area (Å²) in [5.41, 5.74) is 2.92. The lowest BCUT2D eigenvalue weighted by molar-refractivity contribution is 0.101. The average Bonchev–Trinajstić information content (AvgIpc) is 2.89. The maximum atomic E-state index is 11.4. The number of nitrogens with one attached hydrogen (secondary N) is 1. The molecule has 1 aromatic heterocycles. The first-order chi connectivity index (χ1) is 10.1. The van der Waals surface area contributed by atoms with Crippen LogP contribution in [-0.4, -0.2) is 28.0 Å². The van der Waals surface area contributed by atoms with E-state index in [1.807, 2.05) is 12.1 Å². The predicted molar refractivity (Wildman–Crippen MR) is 79.8 cm³/mol. The van der Waals surface area contributed by atoms with E-state index < -0.39 is 0 Å². The largest absolute Gasteiger partial charge is 0.504 e. The molecule has 0 spiro atoms. The molecule has 21 heavy (non-hydrogen) atoms. The fraction of sp³-hybridized carbons (Fsp3) is 0.125. The molecule has 0 radical (unpaired) electrons. The molecule has 2 aromatic carbocycles. The number of imidazole rings is 1. The van der Waals surface area contributed by atoms with Crippen molar-refractivity contribution >= 4 is 16.8 Å². The van der Waals surface area contributed by atoms with Gasteiger partial charge in [0.1, 0.15) is 5.82 Å². The minimum absolute atomic E-state index is 0.00328. The molecular formula is C16H14N2O3. The average molecular weight is 282 g/mol. The fourth-order valence-electron chi connectivity index (χ4n) is 2.20. The number of aromatic amines is 1. The second kappa shape index (κ2) is 4.94. The zero-order chi connectivity index (χ0) is 15.0. The van der Waals surface area contributed by atoms with Crippen LogP contribution in [0.2, 0.25) is 0 Å². The van der Waals surface area contributed by atoms with Crippen LogP contribution in [0.15, 0.2) is 36.4 Å². The minimum atomic E-state index is 0.00328. The number of phenols is 1. The van der Waals surface area contributed by atoms with Gasteiger partial charge in [0.2, 0.25) is 0 Å². The molecule has 0 atom stereocenters. The van der Waals surface area contributed by atoms with Crippen LogP contribution in [0.4, 0.5) is 0 Å². The number of aromatic hydroxyl groups is 1. The summed E-state index contributed by atoms with van der Waals surface area (Å²) in [6.07, 6.45) is 0. The van der Waals surface area contributed by atoms with Gasteiger partial charge < -0.3 is 14.8 Å². The number of phenolic OH excluding ortho intramolecular Hbond substituents is 1. The molecule has 5 heteroatoms. The number of methoxy groups -OCH3 is 1. The number of hydrogen-bond acceptors (Lipinski definition) is 4. The maximum absolute atomic E-state index is 11.4. The number of rotatable bonds is 3. The van der Waals surface area contributed by atoms with Crippen LogP contribution < -0.4 is 4.74 Å². The molecule has 0 saturated carbocycles. The summed E-state index contributed by atoms with van der Waals surface area (Å²) in [5, 5.41) is 9.83. The summed E-state index contributed by atoms with van der Waals surface area (Å²) >= 11 is 0. The van der Waals surface area contributed by atoms with E-state index in [-0.39, 0.29) is 11.5 Å². The van der Waals surface area contributed by atoms with Crippen LogP contribution in [0.1, 0.15) is 17.3 Å². The Balaban J connectivity index is 2.08. The van der Waals surface area contributed by atoms with Gasteiger partial charge in [-0.3, -0.25) is 4.79 Å². The number of benzene rings is 2. The number of fused-ring (bicyclic) bond motifs is 1. The molecule has 0 unspecified atom stereocenters. The van der Waals surface area contributed by atoms with Crippen molar-refractivity contribution in [2.24, 2.45) is 0 Å². The van der Waals surface area contributed by atoms with Gasteiger partial charge in [0.25, 0.3) is 0 Å². The molecule has 5 nitrogen and oxygen atoms in total. The second-order valence-corrected chi connectivity index (χ2v) is 4.76. The Morgan fingerprint density at radius 2 is 2.05 bits per heavy atom. The predicted octanol–water partition coefficient (Wildman–Crippen LogP) is 3.15. The quantitative estimate of drug-likeness (QED) is 0.724. The Kier molecular flexibility index (Phi) is 3.10. The van der Waals surface area contributed by atoms with E-state index in [1.165, 1.54) is 14.0 Å². The summed E-state index contributed by atoms with van der Waals surface area (Å²) < 4.78 is 5.02. The van der Waals surface area contributed by atoms with E-state index in [0.717, 1.165) is 11.1 Å². The first-order valence-electron chi connectivity index (χ1n) is 6.46. The Morgan fingerprint density at radius 3 is 2.71 bits per heavy atom. The number of H-pyrrole nitrogens is 1. The zero-order valence-corrected chi connectivity index (χ0v) is 11.7. The van der Waals surface area contributed by atoms with Gasteiger partial charge in [-0.15, -0.1) is 0 Å². The second-order valence-electron chi connectivity index (χ2n) is 4.76. The van der Waals surface area contributed by atoms with E-state index in [9.17, 15) is 9.90 Å². The topological polar surface area (TPSA) is 75.2 Å². The first kappa shape index (κ1) is 13.2. The Morgan fingerprint density at radius 1 is 1.24 bits per heavy atom. The lowest BCUT2D eigenvalue weighted by atomic mass is 10.1. The Bertz CT molecular complexity index is 837. The molecular weight excluding hydrogens is 268 g/mol. The standard InChI is InChI=1S/C16H14N2O3/c1-9(19)10-3-5-12-13(7-10)18-16(17-12)11-4-6-15(21-2)14(20)8-11/h3-8,20H,1-2H3,(H,17,18). The molecule has 3 rings (SSSR count). The third kappa shape index (κ3) is 2.33. The van der Waals surface area contributed by atoms with Crippen LogP contribution in [-0.2, 0) is 0 Å². The molecule has 0 amide bonds. The smallest absolute Gasteiger partial charge is 0.160 e. The normalized spacial score (nSPS) is 10.8. The lowest BCUT2D eigenvalue weighted by Gasteiger charge is -2.04.